The van der Waals surface area contributed by atoms with Crippen LogP contribution in [0.25, 0.3) is 0 Å². The van der Waals surface area contributed by atoms with E-state index in [9.17, 15) is 23.3 Å². The second-order valence-corrected chi connectivity index (χ2v) is 7.02. The fourth-order valence-electron chi connectivity index (χ4n) is 2.14. The SMILES string of the molecule is Cc1ccc(S(=O)(=O)N2CCN(C(=O)CCl)C2)cc1[N+](=O)[O-]. The number of hydrogen-bond acceptors (Lipinski definition) is 5. The lowest BCUT2D eigenvalue weighted by molar-refractivity contribution is -0.385. The molecule has 1 fully saturated rings. The predicted octanol–water partition coefficient (Wildman–Crippen LogP) is 0.932. The van der Waals surface area contributed by atoms with E-state index in [1.54, 1.807) is 0 Å². The minimum Gasteiger partial charge on any atom is -0.326 e. The molecule has 1 amide bonds. The van der Waals surface area contributed by atoms with Crippen molar-refractivity contribution < 1.29 is 18.1 Å². The molecule has 2 rings (SSSR count). The van der Waals surface area contributed by atoms with Gasteiger partial charge in [-0.1, -0.05) is 6.07 Å². The zero-order valence-corrected chi connectivity index (χ0v) is 13.3. The Kier molecular flexibility index (Phi) is 4.69. The average Bonchev–Trinajstić information content (AvgIpc) is 2.96. The predicted molar refractivity (Wildman–Crippen MR) is 79.0 cm³/mol. The number of aryl methyl sites for hydroxylation is 1. The Hall–Kier alpha value is -1.71. The minimum atomic E-state index is -3.89. The highest BCUT2D eigenvalue weighted by Gasteiger charge is 2.34. The molecule has 0 aliphatic carbocycles. The molecule has 0 radical (unpaired) electrons. The van der Waals surface area contributed by atoms with Gasteiger partial charge in [-0.05, 0) is 13.0 Å². The molecular formula is C12H14ClN3O5S. The first kappa shape index (κ1) is 16.7. The summed E-state index contributed by atoms with van der Waals surface area (Å²) >= 11 is 5.45. The van der Waals surface area contributed by atoms with Crippen LogP contribution in [0, 0.1) is 17.0 Å². The Morgan fingerprint density at radius 1 is 1.41 bits per heavy atom. The molecule has 1 heterocycles. The van der Waals surface area contributed by atoms with E-state index in [0.29, 0.717) is 5.56 Å². The number of amides is 1. The normalized spacial score (nSPS) is 16.0. The first-order chi connectivity index (χ1) is 10.3. The summed E-state index contributed by atoms with van der Waals surface area (Å²) in [4.78, 5) is 23.0. The smallest absolute Gasteiger partial charge is 0.273 e. The lowest BCUT2D eigenvalue weighted by Gasteiger charge is -2.17. The highest BCUT2D eigenvalue weighted by molar-refractivity contribution is 7.89. The van der Waals surface area contributed by atoms with Crippen LogP contribution in [0.4, 0.5) is 5.69 Å². The zero-order chi connectivity index (χ0) is 16.5. The monoisotopic (exact) mass is 347 g/mol. The molecule has 1 saturated heterocycles. The summed E-state index contributed by atoms with van der Waals surface area (Å²) in [5.41, 5.74) is 0.123. The largest absolute Gasteiger partial charge is 0.326 e. The summed E-state index contributed by atoms with van der Waals surface area (Å²) in [5.74, 6) is -0.571. The summed E-state index contributed by atoms with van der Waals surface area (Å²) in [7, 11) is -3.89. The number of nitro benzene ring substituents is 1. The van der Waals surface area contributed by atoms with Gasteiger partial charge in [0, 0.05) is 24.7 Å². The molecule has 1 aromatic rings. The van der Waals surface area contributed by atoms with E-state index in [2.05, 4.69) is 0 Å². The number of halogens is 1. The topological polar surface area (TPSA) is 101 Å². The van der Waals surface area contributed by atoms with Gasteiger partial charge in [-0.15, -0.1) is 11.6 Å². The van der Waals surface area contributed by atoms with Gasteiger partial charge in [0.05, 0.1) is 16.5 Å². The first-order valence-corrected chi connectivity index (χ1v) is 8.33. The van der Waals surface area contributed by atoms with Crippen molar-refractivity contribution in [3.8, 4) is 0 Å². The summed E-state index contributed by atoms with van der Waals surface area (Å²) in [6, 6.07) is 3.75. The van der Waals surface area contributed by atoms with Crippen LogP contribution in [0.3, 0.4) is 0 Å². The number of benzene rings is 1. The number of hydrogen-bond donors (Lipinski definition) is 0. The standard InChI is InChI=1S/C12H14ClN3O5S/c1-9-2-3-10(6-11(9)16(18)19)22(20,21)15-5-4-14(8-15)12(17)7-13/h2-3,6H,4-5,7-8H2,1H3. The van der Waals surface area contributed by atoms with Crippen LogP contribution in [-0.4, -0.2) is 54.1 Å². The highest BCUT2D eigenvalue weighted by Crippen LogP contribution is 2.25. The van der Waals surface area contributed by atoms with Gasteiger partial charge in [0.25, 0.3) is 5.69 Å². The lowest BCUT2D eigenvalue weighted by Crippen LogP contribution is -2.34. The molecule has 0 bridgehead atoms. The number of carbonyl (C=O) groups excluding carboxylic acids is 1. The van der Waals surface area contributed by atoms with Crippen molar-refractivity contribution in [1.29, 1.82) is 0 Å². The lowest BCUT2D eigenvalue weighted by atomic mass is 10.2. The van der Waals surface area contributed by atoms with Gasteiger partial charge in [-0.3, -0.25) is 14.9 Å². The van der Waals surface area contributed by atoms with Crippen LogP contribution in [0.1, 0.15) is 5.56 Å². The molecule has 1 aliphatic heterocycles. The third-order valence-corrected chi connectivity index (χ3v) is 5.49. The molecule has 0 N–H and O–H groups in total. The molecule has 22 heavy (non-hydrogen) atoms. The Morgan fingerprint density at radius 3 is 2.68 bits per heavy atom. The zero-order valence-electron chi connectivity index (χ0n) is 11.7. The summed E-state index contributed by atoms with van der Waals surface area (Å²) in [5, 5.41) is 10.9. The van der Waals surface area contributed by atoms with E-state index >= 15 is 0 Å². The van der Waals surface area contributed by atoms with Gasteiger partial charge in [0.15, 0.2) is 0 Å². The molecule has 120 valence electrons. The molecule has 0 aromatic heterocycles. The Bertz CT molecular complexity index is 721. The van der Waals surface area contributed by atoms with Gasteiger partial charge in [-0.2, -0.15) is 4.31 Å². The maximum Gasteiger partial charge on any atom is 0.273 e. The molecule has 1 aliphatic rings. The third-order valence-electron chi connectivity index (χ3n) is 3.43. The number of nitrogens with zero attached hydrogens (tertiary/aromatic N) is 3. The Balaban J connectivity index is 2.30. The van der Waals surface area contributed by atoms with Gasteiger partial charge in [0.1, 0.15) is 5.88 Å². The van der Waals surface area contributed by atoms with E-state index < -0.39 is 14.9 Å². The summed E-state index contributed by atoms with van der Waals surface area (Å²) < 4.78 is 26.1. The molecule has 0 unspecified atom stereocenters. The van der Waals surface area contributed by atoms with Crippen molar-refractivity contribution in [2.45, 2.75) is 11.8 Å². The van der Waals surface area contributed by atoms with Crippen LogP contribution in [0.15, 0.2) is 23.1 Å². The van der Waals surface area contributed by atoms with Crippen molar-refractivity contribution in [1.82, 2.24) is 9.21 Å². The van der Waals surface area contributed by atoms with Crippen molar-refractivity contribution >= 4 is 33.2 Å². The molecular weight excluding hydrogens is 334 g/mol. The number of carbonyl (C=O) groups is 1. The summed E-state index contributed by atoms with van der Waals surface area (Å²) in [6.07, 6.45) is 0. The summed E-state index contributed by atoms with van der Waals surface area (Å²) in [6.45, 7) is 1.81. The quantitative estimate of drug-likeness (QED) is 0.458. The minimum absolute atomic E-state index is 0.102. The van der Waals surface area contributed by atoms with Crippen LogP contribution in [0.2, 0.25) is 0 Å². The van der Waals surface area contributed by atoms with Crippen LogP contribution in [-0.2, 0) is 14.8 Å². The highest BCUT2D eigenvalue weighted by atomic mass is 35.5. The number of alkyl halides is 1. The van der Waals surface area contributed by atoms with Crippen LogP contribution < -0.4 is 0 Å². The second kappa shape index (κ2) is 6.19. The molecule has 0 saturated carbocycles. The molecule has 0 atom stereocenters. The Labute approximate surface area is 132 Å². The number of rotatable bonds is 4. The average molecular weight is 348 g/mol. The number of sulfonamides is 1. The van der Waals surface area contributed by atoms with E-state index in [-0.39, 0.29) is 42.1 Å². The molecule has 0 spiro atoms. The van der Waals surface area contributed by atoms with E-state index in [4.69, 9.17) is 11.6 Å². The fourth-order valence-corrected chi connectivity index (χ4v) is 3.72. The van der Waals surface area contributed by atoms with E-state index in [1.165, 1.54) is 24.0 Å². The molecule has 1 aromatic carbocycles. The van der Waals surface area contributed by atoms with Crippen LogP contribution in [0.5, 0.6) is 0 Å². The van der Waals surface area contributed by atoms with Crippen molar-refractivity contribution in [2.24, 2.45) is 0 Å². The van der Waals surface area contributed by atoms with Gasteiger partial charge in [-0.25, -0.2) is 8.42 Å². The third kappa shape index (κ3) is 3.06. The second-order valence-electron chi connectivity index (χ2n) is 4.82. The molecule has 10 heteroatoms. The maximum atomic E-state index is 12.5. The van der Waals surface area contributed by atoms with Gasteiger partial charge < -0.3 is 4.90 Å². The van der Waals surface area contributed by atoms with Gasteiger partial charge in [0.2, 0.25) is 15.9 Å². The van der Waals surface area contributed by atoms with E-state index in [0.717, 1.165) is 10.4 Å². The first-order valence-electron chi connectivity index (χ1n) is 6.36. The molecule has 8 nitrogen and oxygen atoms in total. The number of nitro groups is 1. The van der Waals surface area contributed by atoms with Gasteiger partial charge >= 0.3 is 0 Å². The van der Waals surface area contributed by atoms with Crippen molar-refractivity contribution in [3.63, 3.8) is 0 Å². The van der Waals surface area contributed by atoms with E-state index in [1.807, 2.05) is 0 Å². The fraction of sp³-hybridized carbons (Fsp3) is 0.417. The van der Waals surface area contributed by atoms with Crippen molar-refractivity contribution in [3.05, 3.63) is 33.9 Å². The maximum absolute atomic E-state index is 12.5. The van der Waals surface area contributed by atoms with Crippen molar-refractivity contribution in [2.75, 3.05) is 25.6 Å². The Morgan fingerprint density at radius 2 is 2.09 bits per heavy atom. The van der Waals surface area contributed by atoms with Crippen LogP contribution >= 0.6 is 11.6 Å².